The molecule has 0 bridgehead atoms. The normalized spacial score (nSPS) is 22.2. The second-order valence-corrected chi connectivity index (χ2v) is 5.28. The average Bonchev–Trinajstić information content (AvgIpc) is 2.53. The van der Waals surface area contributed by atoms with Crippen LogP contribution in [0.1, 0.15) is 36.8 Å². The second kappa shape index (κ2) is 7.28. The summed E-state index contributed by atoms with van der Waals surface area (Å²) in [4.78, 5) is 0. The van der Waals surface area contributed by atoms with Crippen LogP contribution < -0.4 is 4.74 Å². The molecule has 108 valence electrons. The third-order valence-corrected chi connectivity index (χ3v) is 3.92. The molecule has 0 amide bonds. The highest BCUT2D eigenvalue weighted by molar-refractivity contribution is 5.45. The summed E-state index contributed by atoms with van der Waals surface area (Å²) in [6, 6.07) is 7.63. The molecule has 1 aromatic carbocycles. The summed E-state index contributed by atoms with van der Waals surface area (Å²) in [5, 5.41) is 18.1. The van der Waals surface area contributed by atoms with E-state index < -0.39 is 0 Å². The van der Waals surface area contributed by atoms with Gasteiger partial charge in [-0.15, -0.1) is 0 Å². The first-order valence-corrected chi connectivity index (χ1v) is 7.06. The summed E-state index contributed by atoms with van der Waals surface area (Å²) >= 11 is 0. The van der Waals surface area contributed by atoms with Crippen LogP contribution in [0.2, 0.25) is 0 Å². The van der Waals surface area contributed by atoms with Crippen LogP contribution in [0.5, 0.6) is 5.75 Å². The highest BCUT2D eigenvalue weighted by Crippen LogP contribution is 2.27. The van der Waals surface area contributed by atoms with E-state index in [2.05, 4.69) is 6.07 Å². The predicted molar refractivity (Wildman–Crippen MR) is 75.3 cm³/mol. The summed E-state index contributed by atoms with van der Waals surface area (Å²) in [7, 11) is 1.57. The maximum atomic E-state index is 9.11. The van der Waals surface area contributed by atoms with Gasteiger partial charge in [0.05, 0.1) is 25.4 Å². The molecule has 0 aromatic heterocycles. The van der Waals surface area contributed by atoms with Crippen LogP contribution in [-0.4, -0.2) is 24.9 Å². The lowest BCUT2D eigenvalue weighted by molar-refractivity contribution is 0.00115. The van der Waals surface area contributed by atoms with E-state index in [-0.39, 0.29) is 6.10 Å². The molecule has 0 atom stereocenters. The largest absolute Gasteiger partial charge is 0.495 e. The number of hydrogen-bond acceptors (Lipinski definition) is 4. The number of aliphatic hydroxyl groups excluding tert-OH is 1. The van der Waals surface area contributed by atoms with Gasteiger partial charge in [-0.1, -0.05) is 6.07 Å². The molecule has 4 heteroatoms. The van der Waals surface area contributed by atoms with Crippen molar-refractivity contribution in [2.24, 2.45) is 5.92 Å². The minimum atomic E-state index is 0.277. The highest BCUT2D eigenvalue weighted by Gasteiger charge is 2.21. The molecule has 1 fully saturated rings. The SMILES string of the molecule is COc1cc(COC2CCC(CO)CC2)ccc1C#N. The van der Waals surface area contributed by atoms with Gasteiger partial charge in [0, 0.05) is 6.61 Å². The van der Waals surface area contributed by atoms with Gasteiger partial charge in [0.15, 0.2) is 0 Å². The number of aliphatic hydroxyl groups is 1. The molecule has 0 radical (unpaired) electrons. The molecule has 1 N–H and O–H groups in total. The van der Waals surface area contributed by atoms with E-state index in [1.165, 1.54) is 0 Å². The Kier molecular flexibility index (Phi) is 5.40. The molecule has 1 aliphatic carbocycles. The fourth-order valence-electron chi connectivity index (χ4n) is 2.61. The Morgan fingerprint density at radius 1 is 1.30 bits per heavy atom. The van der Waals surface area contributed by atoms with Crippen molar-refractivity contribution < 1.29 is 14.6 Å². The number of ether oxygens (including phenoxy) is 2. The smallest absolute Gasteiger partial charge is 0.136 e. The monoisotopic (exact) mass is 275 g/mol. The van der Waals surface area contributed by atoms with Gasteiger partial charge in [-0.2, -0.15) is 5.26 Å². The van der Waals surface area contributed by atoms with Crippen molar-refractivity contribution >= 4 is 0 Å². The van der Waals surface area contributed by atoms with Crippen LogP contribution >= 0.6 is 0 Å². The summed E-state index contributed by atoms with van der Waals surface area (Å²) in [5.74, 6) is 1.04. The summed E-state index contributed by atoms with van der Waals surface area (Å²) in [6.45, 7) is 0.829. The molecule has 2 rings (SSSR count). The highest BCUT2D eigenvalue weighted by atomic mass is 16.5. The van der Waals surface area contributed by atoms with Crippen molar-refractivity contribution in [1.82, 2.24) is 0 Å². The number of hydrogen-bond donors (Lipinski definition) is 1. The summed E-state index contributed by atoms with van der Waals surface area (Å²) in [5.41, 5.74) is 1.56. The lowest BCUT2D eigenvalue weighted by Crippen LogP contribution is -2.23. The van der Waals surface area contributed by atoms with Gasteiger partial charge in [0.25, 0.3) is 0 Å². The van der Waals surface area contributed by atoms with Crippen molar-refractivity contribution in [1.29, 1.82) is 5.26 Å². The number of nitriles is 1. The first-order valence-electron chi connectivity index (χ1n) is 7.06. The molecule has 0 aliphatic heterocycles. The van der Waals surface area contributed by atoms with Gasteiger partial charge in [0.1, 0.15) is 11.8 Å². The third kappa shape index (κ3) is 3.72. The number of benzene rings is 1. The molecule has 1 aromatic rings. The zero-order chi connectivity index (χ0) is 14.4. The molecule has 20 heavy (non-hydrogen) atoms. The average molecular weight is 275 g/mol. The maximum Gasteiger partial charge on any atom is 0.136 e. The molecular formula is C16H21NO3. The van der Waals surface area contributed by atoms with Crippen LogP contribution in [-0.2, 0) is 11.3 Å². The number of nitrogens with zero attached hydrogens (tertiary/aromatic N) is 1. The van der Waals surface area contributed by atoms with Gasteiger partial charge in [0.2, 0.25) is 0 Å². The standard InChI is InChI=1S/C16H21NO3/c1-19-16-8-13(2-5-14(16)9-17)11-20-15-6-3-12(10-18)4-7-15/h2,5,8,12,15,18H,3-4,6-7,10-11H2,1H3. The molecule has 4 nitrogen and oxygen atoms in total. The summed E-state index contributed by atoms with van der Waals surface area (Å²) < 4.78 is 11.1. The first-order chi connectivity index (χ1) is 9.76. The van der Waals surface area contributed by atoms with E-state index >= 15 is 0 Å². The fraction of sp³-hybridized carbons (Fsp3) is 0.562. The fourth-order valence-corrected chi connectivity index (χ4v) is 2.61. The van der Waals surface area contributed by atoms with Crippen LogP contribution in [0.15, 0.2) is 18.2 Å². The lowest BCUT2D eigenvalue weighted by atomic mass is 9.88. The Balaban J connectivity index is 1.87. The van der Waals surface area contributed by atoms with Crippen LogP contribution in [0.25, 0.3) is 0 Å². The quantitative estimate of drug-likeness (QED) is 0.897. The Morgan fingerprint density at radius 3 is 2.65 bits per heavy atom. The zero-order valence-electron chi connectivity index (χ0n) is 11.8. The van der Waals surface area contributed by atoms with Gasteiger partial charge in [-0.05, 0) is 49.3 Å². The molecule has 0 unspecified atom stereocenters. The Hall–Kier alpha value is -1.57. The lowest BCUT2D eigenvalue weighted by Gasteiger charge is -2.27. The van der Waals surface area contributed by atoms with Gasteiger partial charge >= 0.3 is 0 Å². The van der Waals surface area contributed by atoms with E-state index in [0.29, 0.717) is 30.4 Å². The van der Waals surface area contributed by atoms with Crippen LogP contribution in [0.3, 0.4) is 0 Å². The van der Waals surface area contributed by atoms with Crippen molar-refractivity contribution in [2.45, 2.75) is 38.4 Å². The van der Waals surface area contributed by atoms with Gasteiger partial charge in [-0.25, -0.2) is 0 Å². The van der Waals surface area contributed by atoms with Crippen molar-refractivity contribution in [3.63, 3.8) is 0 Å². The first kappa shape index (κ1) is 14.8. The number of methoxy groups -OCH3 is 1. The second-order valence-electron chi connectivity index (χ2n) is 5.28. The molecular weight excluding hydrogens is 254 g/mol. The van der Waals surface area contributed by atoms with Crippen LogP contribution in [0.4, 0.5) is 0 Å². The van der Waals surface area contributed by atoms with Crippen molar-refractivity contribution in [3.8, 4) is 11.8 Å². The molecule has 1 saturated carbocycles. The molecule has 1 aliphatic rings. The van der Waals surface area contributed by atoms with Gasteiger partial charge in [-0.3, -0.25) is 0 Å². The topological polar surface area (TPSA) is 62.5 Å². The van der Waals surface area contributed by atoms with E-state index in [0.717, 1.165) is 31.2 Å². The minimum Gasteiger partial charge on any atom is -0.495 e. The molecule has 0 heterocycles. The Bertz CT molecular complexity index is 473. The van der Waals surface area contributed by atoms with E-state index in [1.54, 1.807) is 13.2 Å². The van der Waals surface area contributed by atoms with Crippen LogP contribution in [0, 0.1) is 17.2 Å². The van der Waals surface area contributed by atoms with E-state index in [1.807, 2.05) is 12.1 Å². The predicted octanol–water partition coefficient (Wildman–Crippen LogP) is 2.63. The van der Waals surface area contributed by atoms with E-state index in [9.17, 15) is 0 Å². The summed E-state index contributed by atoms with van der Waals surface area (Å²) in [6.07, 6.45) is 4.38. The van der Waals surface area contributed by atoms with Gasteiger partial charge < -0.3 is 14.6 Å². The third-order valence-electron chi connectivity index (χ3n) is 3.92. The minimum absolute atomic E-state index is 0.277. The molecule has 0 spiro atoms. The number of rotatable bonds is 5. The Labute approximate surface area is 119 Å². The molecule has 0 saturated heterocycles. The Morgan fingerprint density at radius 2 is 2.05 bits per heavy atom. The van der Waals surface area contributed by atoms with Crippen molar-refractivity contribution in [3.05, 3.63) is 29.3 Å². The zero-order valence-corrected chi connectivity index (χ0v) is 11.8. The maximum absolute atomic E-state index is 9.11. The van der Waals surface area contributed by atoms with Crippen molar-refractivity contribution in [2.75, 3.05) is 13.7 Å². The van der Waals surface area contributed by atoms with E-state index in [4.69, 9.17) is 19.8 Å².